The van der Waals surface area contributed by atoms with Crippen molar-refractivity contribution in [2.75, 3.05) is 7.11 Å². The van der Waals surface area contributed by atoms with E-state index in [1.807, 2.05) is 6.07 Å². The number of nitro benzene ring substituents is 1. The number of benzene rings is 1. The molecule has 7 nitrogen and oxygen atoms in total. The molecule has 0 saturated heterocycles. The fraction of sp³-hybridized carbons (Fsp3) is 0.444. The normalized spacial score (nSPS) is 20.4. The van der Waals surface area contributed by atoms with E-state index in [0.29, 0.717) is 11.5 Å². The van der Waals surface area contributed by atoms with Crippen LogP contribution in [0.5, 0.6) is 5.75 Å². The van der Waals surface area contributed by atoms with Gasteiger partial charge in [-0.3, -0.25) is 14.9 Å². The summed E-state index contributed by atoms with van der Waals surface area (Å²) >= 11 is 0. The average molecular weight is 343 g/mol. The van der Waals surface area contributed by atoms with Crippen LogP contribution in [0.1, 0.15) is 38.2 Å². The van der Waals surface area contributed by atoms with E-state index in [1.165, 1.54) is 25.3 Å². The number of rotatable bonds is 5. The first kappa shape index (κ1) is 18.5. The Kier molecular flexibility index (Phi) is 6.12. The van der Waals surface area contributed by atoms with Crippen molar-refractivity contribution in [3.63, 3.8) is 0 Å². The van der Waals surface area contributed by atoms with Gasteiger partial charge in [-0.2, -0.15) is 5.26 Å². The molecule has 1 aliphatic rings. The molecule has 25 heavy (non-hydrogen) atoms. The molecule has 2 rings (SSSR count). The van der Waals surface area contributed by atoms with Crippen molar-refractivity contribution in [3.05, 3.63) is 39.4 Å². The molecule has 132 valence electrons. The molecule has 2 atom stereocenters. The van der Waals surface area contributed by atoms with Gasteiger partial charge in [-0.05, 0) is 36.5 Å². The zero-order chi connectivity index (χ0) is 18.4. The summed E-state index contributed by atoms with van der Waals surface area (Å²) in [5, 5.41) is 23.3. The summed E-state index contributed by atoms with van der Waals surface area (Å²) < 4.78 is 4.95. The first-order valence-electron chi connectivity index (χ1n) is 8.21. The lowest BCUT2D eigenvalue weighted by Crippen LogP contribution is -2.41. The second-order valence-electron chi connectivity index (χ2n) is 6.20. The fourth-order valence-electron chi connectivity index (χ4n) is 3.03. The number of nitrogens with zero attached hydrogens (tertiary/aromatic N) is 2. The number of nitriles is 1. The largest absolute Gasteiger partial charge is 0.490 e. The topological polar surface area (TPSA) is 105 Å². The van der Waals surface area contributed by atoms with Gasteiger partial charge >= 0.3 is 5.69 Å². The molecule has 1 aromatic carbocycles. The van der Waals surface area contributed by atoms with E-state index in [2.05, 4.69) is 12.2 Å². The molecule has 1 saturated carbocycles. The molecule has 1 fully saturated rings. The van der Waals surface area contributed by atoms with E-state index in [4.69, 9.17) is 4.74 Å². The third-order valence-corrected chi connectivity index (χ3v) is 4.50. The van der Waals surface area contributed by atoms with Crippen LogP contribution in [0.25, 0.3) is 6.08 Å². The van der Waals surface area contributed by atoms with Crippen molar-refractivity contribution >= 4 is 17.7 Å². The molecule has 1 N–H and O–H groups in total. The molecule has 0 bridgehead atoms. The Bertz CT molecular complexity index is 736. The van der Waals surface area contributed by atoms with Crippen molar-refractivity contribution in [1.82, 2.24) is 5.32 Å². The summed E-state index contributed by atoms with van der Waals surface area (Å²) in [5.74, 6) is 0.0561. The molecule has 0 radical (unpaired) electrons. The molecule has 1 amide bonds. The van der Waals surface area contributed by atoms with Crippen molar-refractivity contribution in [1.29, 1.82) is 5.26 Å². The highest BCUT2D eigenvalue weighted by atomic mass is 16.6. The molecule has 7 heteroatoms. The molecule has 0 aromatic heterocycles. The third kappa shape index (κ3) is 4.57. The number of carbonyl (C=O) groups excluding carboxylic acids is 1. The van der Waals surface area contributed by atoms with E-state index in [-0.39, 0.29) is 23.1 Å². The van der Waals surface area contributed by atoms with Gasteiger partial charge < -0.3 is 10.1 Å². The predicted octanol–water partition coefficient (Wildman–Crippen LogP) is 3.21. The zero-order valence-corrected chi connectivity index (χ0v) is 14.3. The smallest absolute Gasteiger partial charge is 0.311 e. The number of carbonyl (C=O) groups is 1. The Morgan fingerprint density at radius 3 is 2.76 bits per heavy atom. The van der Waals surface area contributed by atoms with Gasteiger partial charge in [0.1, 0.15) is 11.6 Å². The van der Waals surface area contributed by atoms with Gasteiger partial charge in [-0.15, -0.1) is 0 Å². The maximum absolute atomic E-state index is 12.4. The standard InChI is InChI=1S/C18H21N3O4/c1-12-5-3-4-6-15(12)20-18(22)14(11-19)9-13-7-8-17(25-2)16(10-13)21(23)24/h7-10,12,15H,3-6H2,1-2H3,(H,20,22)/b14-9+/t12-,15+/m1/s1. The summed E-state index contributed by atoms with van der Waals surface area (Å²) in [4.78, 5) is 22.9. The van der Waals surface area contributed by atoms with Crippen molar-refractivity contribution in [3.8, 4) is 11.8 Å². The number of nitrogens with one attached hydrogen (secondary N) is 1. The van der Waals surface area contributed by atoms with Crippen LogP contribution in [0.4, 0.5) is 5.69 Å². The second kappa shape index (κ2) is 8.29. The van der Waals surface area contributed by atoms with Crippen LogP contribution in [0, 0.1) is 27.4 Å². The van der Waals surface area contributed by atoms with E-state index in [9.17, 15) is 20.2 Å². The summed E-state index contributed by atoms with van der Waals surface area (Å²) in [6.07, 6.45) is 5.53. The monoisotopic (exact) mass is 343 g/mol. The fourth-order valence-corrected chi connectivity index (χ4v) is 3.03. The third-order valence-electron chi connectivity index (χ3n) is 4.50. The van der Waals surface area contributed by atoms with Crippen LogP contribution in [0.2, 0.25) is 0 Å². The van der Waals surface area contributed by atoms with Gasteiger partial charge in [0.15, 0.2) is 5.75 Å². The highest BCUT2D eigenvalue weighted by molar-refractivity contribution is 6.01. The van der Waals surface area contributed by atoms with Crippen LogP contribution in [0.15, 0.2) is 23.8 Å². The van der Waals surface area contributed by atoms with E-state index < -0.39 is 10.8 Å². The van der Waals surface area contributed by atoms with Crippen LogP contribution in [-0.2, 0) is 4.79 Å². The minimum atomic E-state index is -0.563. The number of nitro groups is 1. The predicted molar refractivity (Wildman–Crippen MR) is 92.8 cm³/mol. The molecule has 1 aromatic rings. The zero-order valence-electron chi connectivity index (χ0n) is 14.3. The molecular weight excluding hydrogens is 322 g/mol. The Morgan fingerprint density at radius 1 is 1.44 bits per heavy atom. The molecule has 0 heterocycles. The Labute approximate surface area is 146 Å². The minimum Gasteiger partial charge on any atom is -0.490 e. The number of amides is 1. The summed E-state index contributed by atoms with van der Waals surface area (Å²) in [7, 11) is 1.34. The second-order valence-corrected chi connectivity index (χ2v) is 6.20. The maximum atomic E-state index is 12.4. The Morgan fingerprint density at radius 2 is 2.16 bits per heavy atom. The number of methoxy groups -OCH3 is 1. The van der Waals surface area contributed by atoms with Gasteiger partial charge in [0.25, 0.3) is 5.91 Å². The van der Waals surface area contributed by atoms with Crippen LogP contribution in [-0.4, -0.2) is 24.0 Å². The van der Waals surface area contributed by atoms with Gasteiger partial charge in [0.05, 0.1) is 12.0 Å². The molecule has 0 spiro atoms. The first-order chi connectivity index (χ1) is 12.0. The van der Waals surface area contributed by atoms with Gasteiger partial charge in [-0.25, -0.2) is 0 Å². The van der Waals surface area contributed by atoms with E-state index >= 15 is 0 Å². The molecule has 0 aliphatic heterocycles. The average Bonchev–Trinajstić information content (AvgIpc) is 2.61. The van der Waals surface area contributed by atoms with Crippen LogP contribution in [0.3, 0.4) is 0 Å². The minimum absolute atomic E-state index is 0.0585. The van der Waals surface area contributed by atoms with Crippen LogP contribution < -0.4 is 10.1 Å². The number of ether oxygens (including phenoxy) is 1. The quantitative estimate of drug-likeness (QED) is 0.382. The van der Waals surface area contributed by atoms with E-state index in [1.54, 1.807) is 6.07 Å². The van der Waals surface area contributed by atoms with E-state index in [0.717, 1.165) is 25.7 Å². The Balaban J connectivity index is 2.22. The molecule has 0 unspecified atom stereocenters. The summed E-state index contributed by atoms with van der Waals surface area (Å²) in [5.41, 5.74) is 0.114. The Hall–Kier alpha value is -2.88. The van der Waals surface area contributed by atoms with Crippen molar-refractivity contribution in [2.45, 2.75) is 38.6 Å². The number of hydrogen-bond acceptors (Lipinski definition) is 5. The van der Waals surface area contributed by atoms with Gasteiger partial charge in [0.2, 0.25) is 0 Å². The van der Waals surface area contributed by atoms with Gasteiger partial charge in [-0.1, -0.05) is 25.8 Å². The van der Waals surface area contributed by atoms with Gasteiger partial charge in [0, 0.05) is 12.1 Å². The lowest BCUT2D eigenvalue weighted by molar-refractivity contribution is -0.385. The highest BCUT2D eigenvalue weighted by Gasteiger charge is 2.24. The maximum Gasteiger partial charge on any atom is 0.311 e. The first-order valence-corrected chi connectivity index (χ1v) is 8.21. The lowest BCUT2D eigenvalue weighted by atomic mass is 9.86. The van der Waals surface area contributed by atoms with Crippen LogP contribution >= 0.6 is 0 Å². The van der Waals surface area contributed by atoms with Crippen molar-refractivity contribution in [2.24, 2.45) is 5.92 Å². The molecule has 1 aliphatic carbocycles. The summed E-state index contributed by atoms with van der Waals surface area (Å²) in [6.45, 7) is 2.09. The lowest BCUT2D eigenvalue weighted by Gasteiger charge is -2.29. The highest BCUT2D eigenvalue weighted by Crippen LogP contribution is 2.28. The van der Waals surface area contributed by atoms with Crippen molar-refractivity contribution < 1.29 is 14.5 Å². The molecular formula is C18H21N3O4. The number of hydrogen-bond donors (Lipinski definition) is 1. The summed E-state index contributed by atoms with van der Waals surface area (Å²) in [6, 6.07) is 6.24. The SMILES string of the molecule is COc1ccc(/C=C(\C#N)C(=O)N[C@H]2CCCC[C@H]2C)cc1[N+](=O)[O-].